The number of benzene rings is 2. The van der Waals surface area contributed by atoms with Gasteiger partial charge in [-0.25, -0.2) is 8.42 Å². The lowest BCUT2D eigenvalue weighted by Crippen LogP contribution is -2.46. The van der Waals surface area contributed by atoms with Crippen LogP contribution in [0, 0.1) is 0 Å². The number of nitrogens with zero attached hydrogens (tertiary/aromatic N) is 3. The second-order valence-electron chi connectivity index (χ2n) is 8.46. The normalized spacial score (nSPS) is 16.9. The molecule has 2 aliphatic heterocycles. The molecular formula is C24H28ClN3O4S2. The van der Waals surface area contributed by atoms with Gasteiger partial charge in [-0.15, -0.1) is 15.2 Å². The van der Waals surface area contributed by atoms with Crippen LogP contribution in [0.2, 0.25) is 0 Å². The van der Waals surface area contributed by atoms with Crippen LogP contribution in [0.25, 0.3) is 10.1 Å². The van der Waals surface area contributed by atoms with Crippen LogP contribution in [0.1, 0.15) is 12.8 Å². The zero-order valence-corrected chi connectivity index (χ0v) is 21.2. The number of anilines is 1. The molecule has 0 radical (unpaired) electrons. The predicted octanol–water partition coefficient (Wildman–Crippen LogP) is 4.42. The Morgan fingerprint density at radius 2 is 1.76 bits per heavy atom. The molecule has 7 nitrogen and oxygen atoms in total. The molecule has 182 valence electrons. The summed E-state index contributed by atoms with van der Waals surface area (Å²) < 4.78 is 39.5. The van der Waals surface area contributed by atoms with E-state index in [0.29, 0.717) is 26.2 Å². The molecule has 0 saturated carbocycles. The Hall–Kier alpha value is -2.04. The van der Waals surface area contributed by atoms with E-state index in [1.165, 1.54) is 11.3 Å². The largest absolute Gasteiger partial charge is 0.486 e. The van der Waals surface area contributed by atoms with Crippen LogP contribution in [0.5, 0.6) is 11.5 Å². The van der Waals surface area contributed by atoms with Crippen molar-refractivity contribution in [1.82, 2.24) is 8.72 Å². The quantitative estimate of drug-likeness (QED) is 0.323. The fourth-order valence-corrected chi connectivity index (χ4v) is 7.45. The summed E-state index contributed by atoms with van der Waals surface area (Å²) >= 11 is 7.47. The number of hydrogen-bond acceptors (Lipinski definition) is 7. The number of rotatable bonds is 8. The van der Waals surface area contributed by atoms with E-state index >= 15 is 0 Å². The number of thiophene rings is 1. The fourth-order valence-electron chi connectivity index (χ4n) is 4.39. The molecule has 2 aromatic carbocycles. The number of halogens is 1. The lowest BCUT2D eigenvalue weighted by Gasteiger charge is -2.37. The van der Waals surface area contributed by atoms with Crippen molar-refractivity contribution in [2.75, 3.05) is 57.4 Å². The molecule has 2 aliphatic rings. The molecule has 0 spiro atoms. The third-order valence-electron chi connectivity index (χ3n) is 6.23. The molecule has 5 rings (SSSR count). The molecule has 34 heavy (non-hydrogen) atoms. The van der Waals surface area contributed by atoms with Crippen molar-refractivity contribution in [2.24, 2.45) is 0 Å². The molecule has 0 N–H and O–H groups in total. The maximum atomic E-state index is 12.8. The van der Waals surface area contributed by atoms with Gasteiger partial charge in [-0.3, -0.25) is 4.90 Å². The van der Waals surface area contributed by atoms with E-state index in [1.54, 1.807) is 6.07 Å². The monoisotopic (exact) mass is 521 g/mol. The van der Waals surface area contributed by atoms with E-state index in [-0.39, 0.29) is 4.21 Å². The molecule has 0 bridgehead atoms. The second kappa shape index (κ2) is 10.3. The van der Waals surface area contributed by atoms with Crippen molar-refractivity contribution in [1.29, 1.82) is 0 Å². The van der Waals surface area contributed by atoms with Gasteiger partial charge in [0.05, 0.1) is 5.69 Å². The number of unbranched alkanes of at least 4 members (excludes halogenated alkanes) is 1. The number of para-hydroxylation sites is 1. The lowest BCUT2D eigenvalue weighted by atomic mass is 10.2. The van der Waals surface area contributed by atoms with Crippen LogP contribution in [-0.2, 0) is 10.0 Å². The Morgan fingerprint density at radius 3 is 2.59 bits per heavy atom. The molecule has 0 unspecified atom stereocenters. The zero-order chi connectivity index (χ0) is 23.5. The minimum Gasteiger partial charge on any atom is -0.486 e. The Labute approximate surface area is 209 Å². The summed E-state index contributed by atoms with van der Waals surface area (Å²) in [4.78, 5) is 4.77. The topological polar surface area (TPSA) is 62.3 Å². The van der Waals surface area contributed by atoms with Gasteiger partial charge in [0.25, 0.3) is 10.0 Å². The van der Waals surface area contributed by atoms with E-state index in [2.05, 4.69) is 15.9 Å². The Kier molecular flexibility index (Phi) is 7.17. The zero-order valence-electron chi connectivity index (χ0n) is 18.9. The van der Waals surface area contributed by atoms with Crippen LogP contribution in [-0.4, -0.2) is 69.6 Å². The maximum absolute atomic E-state index is 12.8. The number of ether oxygens (including phenoxy) is 2. The van der Waals surface area contributed by atoms with Crippen LogP contribution < -0.4 is 14.4 Å². The van der Waals surface area contributed by atoms with Gasteiger partial charge >= 0.3 is 0 Å². The van der Waals surface area contributed by atoms with Gasteiger partial charge in [-0.2, -0.15) is 0 Å². The van der Waals surface area contributed by atoms with E-state index in [9.17, 15) is 8.42 Å². The smallest absolute Gasteiger partial charge is 0.265 e. The summed E-state index contributed by atoms with van der Waals surface area (Å²) in [5.41, 5.74) is 1.10. The predicted molar refractivity (Wildman–Crippen MR) is 137 cm³/mol. The van der Waals surface area contributed by atoms with Gasteiger partial charge in [0.15, 0.2) is 11.5 Å². The summed E-state index contributed by atoms with van der Waals surface area (Å²) in [5, 5.41) is 0.922. The first-order chi connectivity index (χ1) is 16.5. The Bertz CT molecular complexity index is 1210. The molecule has 0 amide bonds. The molecule has 0 atom stereocenters. The van der Waals surface area contributed by atoms with Crippen molar-refractivity contribution in [3.63, 3.8) is 0 Å². The summed E-state index contributed by atoms with van der Waals surface area (Å²) in [5.74, 6) is 1.67. The van der Waals surface area contributed by atoms with E-state index in [4.69, 9.17) is 21.3 Å². The highest BCUT2D eigenvalue weighted by atomic mass is 35.5. The Balaban J connectivity index is 1.08. The highest BCUT2D eigenvalue weighted by molar-refractivity contribution is 7.92. The maximum Gasteiger partial charge on any atom is 0.265 e. The molecule has 3 heterocycles. The van der Waals surface area contributed by atoms with Gasteiger partial charge in [0.1, 0.15) is 17.4 Å². The molecule has 1 fully saturated rings. The highest BCUT2D eigenvalue weighted by Gasteiger charge is 2.26. The minimum atomic E-state index is -3.68. The van der Waals surface area contributed by atoms with Crippen LogP contribution in [0.15, 0.2) is 52.7 Å². The summed E-state index contributed by atoms with van der Waals surface area (Å²) in [6.45, 7) is 6.14. The van der Waals surface area contributed by atoms with Gasteiger partial charge in [0.2, 0.25) is 0 Å². The summed E-state index contributed by atoms with van der Waals surface area (Å²) in [6, 6.07) is 15.4. The summed E-state index contributed by atoms with van der Waals surface area (Å²) in [7, 11) is -3.68. The van der Waals surface area contributed by atoms with Crippen molar-refractivity contribution < 1.29 is 17.9 Å². The third kappa shape index (κ3) is 4.99. The first kappa shape index (κ1) is 23.7. The van der Waals surface area contributed by atoms with Gasteiger partial charge in [-0.1, -0.05) is 24.3 Å². The first-order valence-electron chi connectivity index (χ1n) is 11.6. The molecule has 10 heteroatoms. The van der Waals surface area contributed by atoms with Crippen molar-refractivity contribution in [3.05, 3.63) is 48.5 Å². The van der Waals surface area contributed by atoms with Crippen molar-refractivity contribution in [2.45, 2.75) is 17.1 Å². The van der Waals surface area contributed by atoms with Crippen LogP contribution in [0.3, 0.4) is 0 Å². The molecule has 3 aromatic rings. The average molecular weight is 522 g/mol. The Morgan fingerprint density at radius 1 is 0.971 bits per heavy atom. The van der Waals surface area contributed by atoms with Gasteiger partial charge < -0.3 is 14.4 Å². The number of hydrogen-bond donors (Lipinski definition) is 0. The average Bonchev–Trinajstić information content (AvgIpc) is 3.32. The van der Waals surface area contributed by atoms with E-state index in [1.807, 2.05) is 36.4 Å². The third-order valence-corrected chi connectivity index (χ3v) is 10.1. The molecular weight excluding hydrogens is 494 g/mol. The lowest BCUT2D eigenvalue weighted by molar-refractivity contribution is 0.171. The van der Waals surface area contributed by atoms with Crippen LogP contribution in [0.4, 0.5) is 5.69 Å². The van der Waals surface area contributed by atoms with Crippen molar-refractivity contribution in [3.8, 4) is 11.5 Å². The first-order valence-corrected chi connectivity index (χ1v) is 14.1. The van der Waals surface area contributed by atoms with E-state index in [0.717, 1.165) is 70.2 Å². The van der Waals surface area contributed by atoms with Crippen molar-refractivity contribution >= 4 is 48.9 Å². The molecule has 0 aliphatic carbocycles. The molecule has 1 aromatic heterocycles. The fraction of sp³-hybridized carbons (Fsp3) is 0.417. The minimum absolute atomic E-state index is 0.289. The molecule has 1 saturated heterocycles. The number of sulfonamides is 1. The highest BCUT2D eigenvalue weighted by Crippen LogP contribution is 2.39. The van der Waals surface area contributed by atoms with Gasteiger partial charge in [-0.05, 0) is 60.8 Å². The van der Waals surface area contributed by atoms with E-state index < -0.39 is 10.0 Å². The number of fused-ring (bicyclic) bond motifs is 2. The van der Waals surface area contributed by atoms with Crippen LogP contribution >= 0.6 is 23.1 Å². The standard InChI is InChI=1S/C24H28ClN3O4S2/c25-28(34(29,30)23-18-19-6-1-2-9-22(19)33-23)11-4-3-10-26-12-14-27(15-13-26)20-7-5-8-21-24(20)32-17-16-31-21/h1-2,5-9,18H,3-4,10-17H2. The summed E-state index contributed by atoms with van der Waals surface area (Å²) in [6.07, 6.45) is 1.61. The second-order valence-corrected chi connectivity index (χ2v) is 12.2. The SMILES string of the molecule is O=S(=O)(c1cc2ccccc2s1)N(Cl)CCCCN1CCN(c2cccc3c2OCCO3)CC1. The van der Waals surface area contributed by atoms with Gasteiger partial charge in [0, 0.05) is 37.4 Å². The number of piperazine rings is 1.